The minimum Gasteiger partial charge on any atom is -0.454 e. The summed E-state index contributed by atoms with van der Waals surface area (Å²) in [5.41, 5.74) is 0.367. The Morgan fingerprint density at radius 1 is 1.07 bits per heavy atom. The number of fused-ring (bicyclic) bond motifs is 1. The molecule has 2 aromatic rings. The quantitative estimate of drug-likeness (QED) is 0.831. The second kappa shape index (κ2) is 7.44. The van der Waals surface area contributed by atoms with E-state index in [-0.39, 0.29) is 24.6 Å². The molecule has 0 bridgehead atoms. The predicted octanol–water partition coefficient (Wildman–Crippen LogP) is 2.68. The highest BCUT2D eigenvalue weighted by Crippen LogP contribution is 2.32. The lowest BCUT2D eigenvalue weighted by atomic mass is 10.2. The van der Waals surface area contributed by atoms with Crippen LogP contribution in [0.1, 0.15) is 10.4 Å². The number of benzene rings is 2. The first kappa shape index (κ1) is 18.4. The Kier molecular flexibility index (Phi) is 5.06. The van der Waals surface area contributed by atoms with Crippen molar-refractivity contribution in [3.63, 3.8) is 0 Å². The van der Waals surface area contributed by atoms with Crippen molar-refractivity contribution in [1.29, 1.82) is 0 Å². The van der Waals surface area contributed by atoms with Gasteiger partial charge in [0.2, 0.25) is 12.7 Å². The summed E-state index contributed by atoms with van der Waals surface area (Å²) in [6.45, 7) is -0.308. The van der Waals surface area contributed by atoms with Crippen LogP contribution in [-0.2, 0) is 4.79 Å². The maximum absolute atomic E-state index is 12.2. The molecule has 0 fully saturated rings. The number of carbonyl (C=O) groups is 2. The lowest BCUT2D eigenvalue weighted by Gasteiger charge is -2.11. The van der Waals surface area contributed by atoms with Crippen molar-refractivity contribution >= 4 is 17.5 Å². The highest BCUT2D eigenvalue weighted by Gasteiger charge is 2.31. The van der Waals surface area contributed by atoms with Crippen LogP contribution in [-0.4, -0.2) is 31.5 Å². The summed E-state index contributed by atoms with van der Waals surface area (Å²) >= 11 is 0. The molecule has 0 aliphatic carbocycles. The van der Waals surface area contributed by atoms with Gasteiger partial charge in [0.05, 0.1) is 6.54 Å². The average molecular weight is 382 g/mol. The molecule has 0 saturated heterocycles. The van der Waals surface area contributed by atoms with Gasteiger partial charge >= 0.3 is 6.36 Å². The zero-order valence-electron chi connectivity index (χ0n) is 13.6. The molecule has 142 valence electrons. The van der Waals surface area contributed by atoms with E-state index in [1.165, 1.54) is 24.3 Å². The van der Waals surface area contributed by atoms with Crippen molar-refractivity contribution in [1.82, 2.24) is 5.32 Å². The van der Waals surface area contributed by atoms with Gasteiger partial charge in [-0.3, -0.25) is 9.59 Å². The first-order valence-electron chi connectivity index (χ1n) is 7.64. The second-order valence-corrected chi connectivity index (χ2v) is 5.37. The summed E-state index contributed by atoms with van der Waals surface area (Å²) in [7, 11) is 0. The zero-order valence-corrected chi connectivity index (χ0v) is 13.6. The number of rotatable bonds is 5. The Morgan fingerprint density at radius 3 is 2.63 bits per heavy atom. The van der Waals surface area contributed by atoms with Crippen LogP contribution < -0.4 is 24.8 Å². The molecule has 1 aliphatic rings. The van der Waals surface area contributed by atoms with E-state index in [4.69, 9.17) is 9.47 Å². The third kappa shape index (κ3) is 5.03. The van der Waals surface area contributed by atoms with Gasteiger partial charge in [-0.05, 0) is 30.3 Å². The number of alkyl halides is 3. The van der Waals surface area contributed by atoms with E-state index in [0.29, 0.717) is 11.5 Å². The van der Waals surface area contributed by atoms with Gasteiger partial charge in [0, 0.05) is 17.3 Å². The largest absolute Gasteiger partial charge is 0.573 e. The van der Waals surface area contributed by atoms with E-state index < -0.39 is 23.9 Å². The average Bonchev–Trinajstić information content (AvgIpc) is 3.06. The third-order valence-corrected chi connectivity index (χ3v) is 3.40. The summed E-state index contributed by atoms with van der Waals surface area (Å²) in [4.78, 5) is 24.0. The van der Waals surface area contributed by atoms with Crippen molar-refractivity contribution in [2.45, 2.75) is 6.36 Å². The molecule has 27 heavy (non-hydrogen) atoms. The van der Waals surface area contributed by atoms with Crippen LogP contribution in [0, 0.1) is 0 Å². The highest BCUT2D eigenvalue weighted by atomic mass is 19.4. The van der Waals surface area contributed by atoms with Crippen LogP contribution in [0.3, 0.4) is 0 Å². The number of carbonyl (C=O) groups excluding carboxylic acids is 2. The Bertz CT molecular complexity index is 870. The van der Waals surface area contributed by atoms with Crippen molar-refractivity contribution < 1.29 is 37.0 Å². The first-order chi connectivity index (χ1) is 12.8. The van der Waals surface area contributed by atoms with E-state index in [1.807, 2.05) is 0 Å². The van der Waals surface area contributed by atoms with E-state index >= 15 is 0 Å². The molecule has 0 aromatic heterocycles. The van der Waals surface area contributed by atoms with Crippen LogP contribution in [0.2, 0.25) is 0 Å². The monoisotopic (exact) mass is 382 g/mol. The molecule has 10 heteroatoms. The second-order valence-electron chi connectivity index (χ2n) is 5.37. The van der Waals surface area contributed by atoms with Gasteiger partial charge in [0.25, 0.3) is 5.91 Å². The summed E-state index contributed by atoms with van der Waals surface area (Å²) in [6, 6.07) is 9.37. The molecule has 2 amide bonds. The lowest BCUT2D eigenvalue weighted by Crippen LogP contribution is -2.32. The molecule has 1 heterocycles. The molecule has 0 spiro atoms. The Morgan fingerprint density at radius 2 is 1.85 bits per heavy atom. The number of nitrogens with one attached hydrogen (secondary N) is 2. The van der Waals surface area contributed by atoms with Gasteiger partial charge in [0.1, 0.15) is 5.75 Å². The zero-order chi connectivity index (χ0) is 19.4. The Hall–Kier alpha value is -3.43. The fraction of sp³-hybridized carbons (Fsp3) is 0.176. The minimum absolute atomic E-state index is 0.0694. The first-order valence-corrected chi connectivity index (χ1v) is 7.64. The number of amides is 2. The van der Waals surface area contributed by atoms with Gasteiger partial charge in [0.15, 0.2) is 11.5 Å². The molecule has 2 aromatic carbocycles. The number of hydrogen-bond acceptors (Lipinski definition) is 5. The lowest BCUT2D eigenvalue weighted by molar-refractivity contribution is -0.274. The van der Waals surface area contributed by atoms with Crippen LogP contribution in [0.25, 0.3) is 0 Å². The third-order valence-electron chi connectivity index (χ3n) is 3.40. The van der Waals surface area contributed by atoms with Crippen molar-refractivity contribution in [2.75, 3.05) is 18.7 Å². The number of halogens is 3. The fourth-order valence-corrected chi connectivity index (χ4v) is 2.28. The SMILES string of the molecule is O=C(CNC(=O)c1ccc2c(c1)OCO2)Nc1cccc(OC(F)(F)F)c1. The minimum atomic E-state index is -4.83. The molecule has 0 atom stereocenters. The summed E-state index contributed by atoms with van der Waals surface area (Å²) < 4.78 is 50.7. The van der Waals surface area contributed by atoms with Crippen LogP contribution in [0.5, 0.6) is 17.2 Å². The maximum atomic E-state index is 12.2. The van der Waals surface area contributed by atoms with Crippen LogP contribution >= 0.6 is 0 Å². The summed E-state index contributed by atoms with van der Waals surface area (Å²) in [6.07, 6.45) is -4.83. The van der Waals surface area contributed by atoms with Crippen molar-refractivity contribution in [3.8, 4) is 17.2 Å². The van der Waals surface area contributed by atoms with E-state index in [1.54, 1.807) is 6.07 Å². The maximum Gasteiger partial charge on any atom is 0.573 e. The standard InChI is InChI=1S/C17H13F3N2O5/c18-17(19,20)27-12-3-1-2-11(7-12)22-15(23)8-21-16(24)10-4-5-13-14(6-10)26-9-25-13/h1-7H,8-9H2,(H,21,24)(H,22,23). The van der Waals surface area contributed by atoms with Gasteiger partial charge in [-0.25, -0.2) is 0 Å². The van der Waals surface area contributed by atoms with E-state index in [2.05, 4.69) is 15.4 Å². The molecular weight excluding hydrogens is 369 g/mol. The van der Waals surface area contributed by atoms with Gasteiger partial charge < -0.3 is 24.8 Å². The molecule has 1 aliphatic heterocycles. The predicted molar refractivity (Wildman–Crippen MR) is 86.7 cm³/mol. The number of ether oxygens (including phenoxy) is 3. The number of anilines is 1. The summed E-state index contributed by atoms with van der Waals surface area (Å²) in [5, 5.41) is 4.78. The summed E-state index contributed by atoms with van der Waals surface area (Å²) in [5.74, 6) is -0.658. The fourth-order valence-electron chi connectivity index (χ4n) is 2.28. The Labute approximate surface area is 151 Å². The van der Waals surface area contributed by atoms with Gasteiger partial charge in [-0.1, -0.05) is 6.07 Å². The molecule has 0 radical (unpaired) electrons. The Balaban J connectivity index is 1.54. The van der Waals surface area contributed by atoms with Gasteiger partial charge in [-0.2, -0.15) is 0 Å². The van der Waals surface area contributed by atoms with Crippen LogP contribution in [0.4, 0.5) is 18.9 Å². The molecule has 2 N–H and O–H groups in total. The number of hydrogen-bond donors (Lipinski definition) is 2. The van der Waals surface area contributed by atoms with E-state index in [9.17, 15) is 22.8 Å². The molecular formula is C17H13F3N2O5. The molecule has 0 unspecified atom stereocenters. The molecule has 7 nitrogen and oxygen atoms in total. The van der Waals surface area contributed by atoms with E-state index in [0.717, 1.165) is 12.1 Å². The topological polar surface area (TPSA) is 85.9 Å². The molecule has 3 rings (SSSR count). The van der Waals surface area contributed by atoms with Crippen molar-refractivity contribution in [3.05, 3.63) is 48.0 Å². The molecule has 0 saturated carbocycles. The smallest absolute Gasteiger partial charge is 0.454 e. The van der Waals surface area contributed by atoms with Gasteiger partial charge in [-0.15, -0.1) is 13.2 Å². The van der Waals surface area contributed by atoms with Crippen molar-refractivity contribution in [2.24, 2.45) is 0 Å². The highest BCUT2D eigenvalue weighted by molar-refractivity contribution is 5.99. The normalized spacial score (nSPS) is 12.4. The van der Waals surface area contributed by atoms with Crippen LogP contribution in [0.15, 0.2) is 42.5 Å².